The molecule has 0 saturated carbocycles. The zero-order valence-electron chi connectivity index (χ0n) is 12.7. The predicted octanol–water partition coefficient (Wildman–Crippen LogP) is 2.79. The average molecular weight is 296 g/mol. The number of hydrogen-bond donors (Lipinski definition) is 2. The van der Waals surface area contributed by atoms with Crippen molar-refractivity contribution in [3.8, 4) is 0 Å². The lowest BCUT2D eigenvalue weighted by atomic mass is 9.87. The number of rotatable bonds is 2. The summed E-state index contributed by atoms with van der Waals surface area (Å²) in [7, 11) is 0. The van der Waals surface area contributed by atoms with Gasteiger partial charge in [-0.05, 0) is 37.0 Å². The van der Waals surface area contributed by atoms with Gasteiger partial charge in [0.1, 0.15) is 5.82 Å². The molecule has 4 rings (SSSR count). The van der Waals surface area contributed by atoms with Gasteiger partial charge in [0.15, 0.2) is 0 Å². The van der Waals surface area contributed by atoms with Crippen LogP contribution < -0.4 is 10.2 Å². The van der Waals surface area contributed by atoms with E-state index in [2.05, 4.69) is 39.2 Å². The molecule has 0 aliphatic carbocycles. The number of aromatic amines is 1. The smallest absolute Gasteiger partial charge is 0.225 e. The van der Waals surface area contributed by atoms with Crippen LogP contribution in [-0.2, 0) is 4.79 Å². The molecular formula is C17H20N4O. The summed E-state index contributed by atoms with van der Waals surface area (Å²) in [6.07, 6.45) is 6.50. The molecule has 0 bridgehead atoms. The summed E-state index contributed by atoms with van der Waals surface area (Å²) >= 11 is 0. The van der Waals surface area contributed by atoms with Gasteiger partial charge in [-0.15, -0.1) is 0 Å². The van der Waals surface area contributed by atoms with Crippen LogP contribution in [-0.4, -0.2) is 29.0 Å². The van der Waals surface area contributed by atoms with E-state index in [0.717, 1.165) is 30.2 Å². The molecule has 2 aromatic rings. The van der Waals surface area contributed by atoms with Gasteiger partial charge in [0.25, 0.3) is 0 Å². The molecule has 1 aromatic carbocycles. The van der Waals surface area contributed by atoms with E-state index in [1.807, 2.05) is 6.20 Å². The number of amides is 1. The molecule has 1 amide bonds. The fraction of sp³-hybridized carbons (Fsp3) is 0.412. The maximum atomic E-state index is 12.1. The molecule has 1 fully saturated rings. The number of imidazole rings is 1. The maximum absolute atomic E-state index is 12.1. The standard InChI is InChI=1S/C17H20N4O/c1-11-14(21-8-2-3-9-21)5-4-12-13(17-18-6-7-19-17)10-15(22)20-16(11)12/h4-7,13H,2-3,8-10H2,1H3,(H,18,19)(H,20,22). The molecular weight excluding hydrogens is 276 g/mol. The van der Waals surface area contributed by atoms with Gasteiger partial charge in [-0.25, -0.2) is 4.98 Å². The third-order valence-corrected chi connectivity index (χ3v) is 4.79. The van der Waals surface area contributed by atoms with Crippen molar-refractivity contribution in [2.75, 3.05) is 23.3 Å². The largest absolute Gasteiger partial charge is 0.371 e. The van der Waals surface area contributed by atoms with Crippen LogP contribution in [0.25, 0.3) is 0 Å². The number of aromatic nitrogens is 2. The highest BCUT2D eigenvalue weighted by molar-refractivity contribution is 5.97. The number of nitrogens with zero attached hydrogens (tertiary/aromatic N) is 2. The fourth-order valence-electron chi connectivity index (χ4n) is 3.68. The molecule has 1 saturated heterocycles. The fourth-order valence-corrected chi connectivity index (χ4v) is 3.68. The van der Waals surface area contributed by atoms with E-state index in [4.69, 9.17) is 0 Å². The Balaban J connectivity index is 1.80. The van der Waals surface area contributed by atoms with E-state index in [1.165, 1.54) is 24.1 Å². The highest BCUT2D eigenvalue weighted by Crippen LogP contribution is 2.41. The second-order valence-electron chi connectivity index (χ2n) is 6.15. The molecule has 5 nitrogen and oxygen atoms in total. The summed E-state index contributed by atoms with van der Waals surface area (Å²) in [4.78, 5) is 22.1. The Morgan fingerprint density at radius 1 is 1.27 bits per heavy atom. The number of hydrogen-bond acceptors (Lipinski definition) is 3. The Morgan fingerprint density at radius 2 is 2.09 bits per heavy atom. The number of nitrogens with one attached hydrogen (secondary N) is 2. The van der Waals surface area contributed by atoms with Crippen LogP contribution in [0, 0.1) is 6.92 Å². The molecule has 22 heavy (non-hydrogen) atoms. The van der Waals surface area contributed by atoms with E-state index in [1.54, 1.807) is 6.20 Å². The Hall–Kier alpha value is -2.30. The van der Waals surface area contributed by atoms with Crippen molar-refractivity contribution in [1.29, 1.82) is 0 Å². The van der Waals surface area contributed by atoms with Crippen LogP contribution in [0.3, 0.4) is 0 Å². The van der Waals surface area contributed by atoms with Gasteiger partial charge in [0.2, 0.25) is 5.91 Å². The lowest BCUT2D eigenvalue weighted by molar-refractivity contribution is -0.116. The van der Waals surface area contributed by atoms with Gasteiger partial charge in [0.05, 0.1) is 5.92 Å². The van der Waals surface area contributed by atoms with E-state index in [-0.39, 0.29) is 11.8 Å². The Kier molecular flexibility index (Phi) is 3.13. The first-order valence-corrected chi connectivity index (χ1v) is 7.91. The minimum Gasteiger partial charge on any atom is -0.371 e. The van der Waals surface area contributed by atoms with Gasteiger partial charge in [0, 0.05) is 43.3 Å². The number of carbonyl (C=O) groups is 1. The summed E-state index contributed by atoms with van der Waals surface area (Å²) in [6.45, 7) is 4.32. The Bertz CT molecular complexity index is 702. The van der Waals surface area contributed by atoms with E-state index in [9.17, 15) is 4.79 Å². The summed E-state index contributed by atoms with van der Waals surface area (Å²) in [6, 6.07) is 4.36. The van der Waals surface area contributed by atoms with Crippen LogP contribution in [0.5, 0.6) is 0 Å². The second-order valence-corrected chi connectivity index (χ2v) is 6.15. The van der Waals surface area contributed by atoms with Crippen LogP contribution in [0.1, 0.15) is 42.1 Å². The predicted molar refractivity (Wildman–Crippen MR) is 86.3 cm³/mol. The van der Waals surface area contributed by atoms with Crippen molar-refractivity contribution in [2.24, 2.45) is 0 Å². The molecule has 3 heterocycles. The molecule has 1 unspecified atom stereocenters. The monoisotopic (exact) mass is 296 g/mol. The zero-order valence-corrected chi connectivity index (χ0v) is 12.7. The summed E-state index contributed by atoms with van der Waals surface area (Å²) in [5.74, 6) is 0.949. The number of carbonyl (C=O) groups excluding carboxylic acids is 1. The SMILES string of the molecule is Cc1c(N2CCCC2)ccc2c1NC(=O)CC2c1ncc[nH]1. The molecule has 2 aliphatic heterocycles. The molecule has 0 spiro atoms. The minimum absolute atomic E-state index is 0.0186. The van der Waals surface area contributed by atoms with Gasteiger partial charge >= 0.3 is 0 Å². The quantitative estimate of drug-likeness (QED) is 0.896. The normalized spacial score (nSPS) is 20.9. The molecule has 1 aromatic heterocycles. The van der Waals surface area contributed by atoms with Crippen molar-refractivity contribution in [3.63, 3.8) is 0 Å². The lowest BCUT2D eigenvalue weighted by Gasteiger charge is -2.29. The van der Waals surface area contributed by atoms with Crippen molar-refractivity contribution in [1.82, 2.24) is 9.97 Å². The maximum Gasteiger partial charge on any atom is 0.225 e. The Labute approximate surface area is 129 Å². The van der Waals surface area contributed by atoms with Crippen LogP contribution in [0.4, 0.5) is 11.4 Å². The second kappa shape index (κ2) is 5.16. The lowest BCUT2D eigenvalue weighted by Crippen LogP contribution is -2.26. The van der Waals surface area contributed by atoms with Crippen molar-refractivity contribution in [2.45, 2.75) is 32.1 Å². The first-order valence-electron chi connectivity index (χ1n) is 7.91. The molecule has 1 atom stereocenters. The number of H-pyrrole nitrogens is 1. The van der Waals surface area contributed by atoms with E-state index < -0.39 is 0 Å². The van der Waals surface area contributed by atoms with Crippen molar-refractivity contribution in [3.05, 3.63) is 41.5 Å². The van der Waals surface area contributed by atoms with E-state index in [0.29, 0.717) is 6.42 Å². The highest BCUT2D eigenvalue weighted by Gasteiger charge is 2.30. The zero-order chi connectivity index (χ0) is 15.1. The minimum atomic E-state index is 0.0186. The number of benzene rings is 1. The molecule has 0 radical (unpaired) electrons. The third kappa shape index (κ3) is 2.08. The van der Waals surface area contributed by atoms with Crippen molar-refractivity contribution < 1.29 is 4.79 Å². The summed E-state index contributed by atoms with van der Waals surface area (Å²) in [5, 5.41) is 3.08. The molecule has 2 N–H and O–H groups in total. The average Bonchev–Trinajstić information content (AvgIpc) is 3.21. The topological polar surface area (TPSA) is 61.0 Å². The first kappa shape index (κ1) is 13.4. The number of fused-ring (bicyclic) bond motifs is 1. The van der Waals surface area contributed by atoms with Gasteiger partial charge in [-0.2, -0.15) is 0 Å². The molecule has 5 heteroatoms. The summed E-state index contributed by atoms with van der Waals surface area (Å²) < 4.78 is 0. The van der Waals surface area contributed by atoms with Crippen LogP contribution >= 0.6 is 0 Å². The summed E-state index contributed by atoms with van der Waals surface area (Å²) in [5.41, 5.74) is 4.55. The van der Waals surface area contributed by atoms with Gasteiger partial charge < -0.3 is 15.2 Å². The van der Waals surface area contributed by atoms with Gasteiger partial charge in [-0.1, -0.05) is 6.07 Å². The Morgan fingerprint density at radius 3 is 2.82 bits per heavy atom. The first-order chi connectivity index (χ1) is 10.7. The van der Waals surface area contributed by atoms with E-state index >= 15 is 0 Å². The molecule has 2 aliphatic rings. The van der Waals surface area contributed by atoms with Gasteiger partial charge in [-0.3, -0.25) is 4.79 Å². The molecule has 114 valence electrons. The van der Waals surface area contributed by atoms with Crippen molar-refractivity contribution >= 4 is 17.3 Å². The third-order valence-electron chi connectivity index (χ3n) is 4.79. The number of anilines is 2. The van der Waals surface area contributed by atoms with Crippen LogP contribution in [0.2, 0.25) is 0 Å². The highest BCUT2D eigenvalue weighted by atomic mass is 16.1. The van der Waals surface area contributed by atoms with Crippen LogP contribution in [0.15, 0.2) is 24.5 Å².